The molecule has 0 bridgehead atoms. The maximum atomic E-state index is 5.32. The standard InChI is InChI=1S/C9H16N2O3/c1-10-5-8-9(14-7-11-8)6-13-4-3-12-2/h7,10H,3-6H2,1-2H3. The number of nitrogens with zero attached hydrogens (tertiary/aromatic N) is 1. The van der Waals surface area contributed by atoms with Gasteiger partial charge in [-0.15, -0.1) is 0 Å². The fourth-order valence-corrected chi connectivity index (χ4v) is 1.03. The van der Waals surface area contributed by atoms with Crippen molar-refractivity contribution in [2.45, 2.75) is 13.2 Å². The summed E-state index contributed by atoms with van der Waals surface area (Å²) in [7, 11) is 3.51. The van der Waals surface area contributed by atoms with Crippen LogP contribution in [0, 0.1) is 0 Å². The fraction of sp³-hybridized carbons (Fsp3) is 0.667. The Labute approximate surface area is 83.4 Å². The van der Waals surface area contributed by atoms with E-state index >= 15 is 0 Å². The molecule has 0 unspecified atom stereocenters. The highest BCUT2D eigenvalue weighted by Gasteiger charge is 2.06. The molecule has 1 rings (SSSR count). The van der Waals surface area contributed by atoms with Crippen LogP contribution in [0.25, 0.3) is 0 Å². The summed E-state index contributed by atoms with van der Waals surface area (Å²) in [6.07, 6.45) is 1.43. The maximum absolute atomic E-state index is 5.32. The van der Waals surface area contributed by atoms with Crippen LogP contribution in [0.5, 0.6) is 0 Å². The van der Waals surface area contributed by atoms with Crippen LogP contribution in [0.15, 0.2) is 10.8 Å². The van der Waals surface area contributed by atoms with Gasteiger partial charge in [-0.1, -0.05) is 0 Å². The Morgan fingerprint density at radius 3 is 3.07 bits per heavy atom. The van der Waals surface area contributed by atoms with Crippen LogP contribution < -0.4 is 5.32 Å². The molecule has 0 aromatic carbocycles. The predicted molar refractivity (Wildman–Crippen MR) is 50.8 cm³/mol. The summed E-state index contributed by atoms with van der Waals surface area (Å²) in [5, 5.41) is 3.01. The Hall–Kier alpha value is -0.910. The molecule has 0 saturated carbocycles. The summed E-state index contributed by atoms with van der Waals surface area (Å²) in [6.45, 7) is 2.30. The zero-order valence-corrected chi connectivity index (χ0v) is 8.58. The van der Waals surface area contributed by atoms with Crippen molar-refractivity contribution in [2.24, 2.45) is 0 Å². The van der Waals surface area contributed by atoms with Gasteiger partial charge in [0.05, 0.1) is 18.9 Å². The first-order chi connectivity index (χ1) is 6.88. The second-order valence-corrected chi connectivity index (χ2v) is 2.80. The quantitative estimate of drug-likeness (QED) is 0.652. The van der Waals surface area contributed by atoms with E-state index in [-0.39, 0.29) is 0 Å². The highest BCUT2D eigenvalue weighted by atomic mass is 16.5. The average Bonchev–Trinajstić information content (AvgIpc) is 2.61. The Balaban J connectivity index is 2.30. The van der Waals surface area contributed by atoms with Crippen molar-refractivity contribution in [1.82, 2.24) is 10.3 Å². The van der Waals surface area contributed by atoms with Gasteiger partial charge >= 0.3 is 0 Å². The Kier molecular flexibility index (Phi) is 5.21. The van der Waals surface area contributed by atoms with E-state index in [4.69, 9.17) is 13.9 Å². The van der Waals surface area contributed by atoms with Crippen molar-refractivity contribution >= 4 is 0 Å². The zero-order valence-electron chi connectivity index (χ0n) is 8.58. The first-order valence-electron chi connectivity index (χ1n) is 4.51. The third-order valence-corrected chi connectivity index (χ3v) is 1.73. The number of hydrogen-bond donors (Lipinski definition) is 1. The van der Waals surface area contributed by atoms with Crippen molar-refractivity contribution in [3.8, 4) is 0 Å². The molecule has 1 aromatic heterocycles. The number of hydrogen-bond acceptors (Lipinski definition) is 5. The lowest BCUT2D eigenvalue weighted by atomic mass is 10.3. The zero-order chi connectivity index (χ0) is 10.2. The molecule has 0 radical (unpaired) electrons. The first kappa shape index (κ1) is 11.2. The molecule has 0 amide bonds. The molecule has 0 aliphatic carbocycles. The number of rotatable bonds is 7. The molecule has 5 heteroatoms. The fourth-order valence-electron chi connectivity index (χ4n) is 1.03. The van der Waals surface area contributed by atoms with Crippen molar-refractivity contribution < 1.29 is 13.9 Å². The Morgan fingerprint density at radius 2 is 2.36 bits per heavy atom. The van der Waals surface area contributed by atoms with Gasteiger partial charge in [0.1, 0.15) is 6.61 Å². The third-order valence-electron chi connectivity index (χ3n) is 1.73. The number of methoxy groups -OCH3 is 1. The number of ether oxygens (including phenoxy) is 2. The van der Waals surface area contributed by atoms with Gasteiger partial charge < -0.3 is 19.2 Å². The topological polar surface area (TPSA) is 56.5 Å². The minimum atomic E-state index is 0.445. The summed E-state index contributed by atoms with van der Waals surface area (Å²) in [5.41, 5.74) is 0.893. The normalized spacial score (nSPS) is 10.7. The second kappa shape index (κ2) is 6.53. The van der Waals surface area contributed by atoms with Crippen LogP contribution in [0.3, 0.4) is 0 Å². The van der Waals surface area contributed by atoms with Gasteiger partial charge in [-0.25, -0.2) is 4.98 Å². The molecule has 14 heavy (non-hydrogen) atoms. The largest absolute Gasteiger partial charge is 0.446 e. The monoisotopic (exact) mass is 200 g/mol. The highest BCUT2D eigenvalue weighted by Crippen LogP contribution is 2.07. The third kappa shape index (κ3) is 3.45. The minimum absolute atomic E-state index is 0.445. The summed E-state index contributed by atoms with van der Waals surface area (Å²) >= 11 is 0. The predicted octanol–water partition coefficient (Wildman–Crippen LogP) is 0.557. The molecule has 1 heterocycles. The summed E-state index contributed by atoms with van der Waals surface area (Å²) in [4.78, 5) is 4.06. The molecule has 5 nitrogen and oxygen atoms in total. The first-order valence-corrected chi connectivity index (χ1v) is 4.51. The molecule has 0 spiro atoms. The number of aromatic nitrogens is 1. The van der Waals surface area contributed by atoms with Crippen LogP contribution >= 0.6 is 0 Å². The van der Waals surface area contributed by atoms with Crippen LogP contribution in [0.2, 0.25) is 0 Å². The smallest absolute Gasteiger partial charge is 0.181 e. The highest BCUT2D eigenvalue weighted by molar-refractivity contribution is 5.05. The van der Waals surface area contributed by atoms with Gasteiger partial charge in [-0.3, -0.25) is 0 Å². The Bertz CT molecular complexity index is 250. The molecular weight excluding hydrogens is 184 g/mol. The van der Waals surface area contributed by atoms with Crippen molar-refractivity contribution in [1.29, 1.82) is 0 Å². The van der Waals surface area contributed by atoms with E-state index in [0.717, 1.165) is 11.5 Å². The van der Waals surface area contributed by atoms with Crippen molar-refractivity contribution in [3.63, 3.8) is 0 Å². The molecule has 0 fully saturated rings. The van der Waals surface area contributed by atoms with E-state index < -0.39 is 0 Å². The van der Waals surface area contributed by atoms with Gasteiger partial charge in [0.25, 0.3) is 0 Å². The van der Waals surface area contributed by atoms with Gasteiger partial charge in [0, 0.05) is 13.7 Å². The molecule has 0 aliphatic heterocycles. The molecule has 0 aliphatic rings. The number of nitrogens with one attached hydrogen (secondary N) is 1. The van der Waals surface area contributed by atoms with E-state index in [1.54, 1.807) is 7.11 Å². The van der Waals surface area contributed by atoms with Crippen LogP contribution in [-0.4, -0.2) is 32.4 Å². The summed E-state index contributed by atoms with van der Waals surface area (Å²) in [6, 6.07) is 0. The van der Waals surface area contributed by atoms with Crippen LogP contribution in [0.4, 0.5) is 0 Å². The molecular formula is C9H16N2O3. The summed E-state index contributed by atoms with van der Waals surface area (Å²) in [5.74, 6) is 0.774. The van der Waals surface area contributed by atoms with E-state index in [1.165, 1.54) is 6.39 Å². The summed E-state index contributed by atoms with van der Waals surface area (Å²) < 4.78 is 15.4. The van der Waals surface area contributed by atoms with Crippen LogP contribution in [-0.2, 0) is 22.6 Å². The molecule has 1 N–H and O–H groups in total. The van der Waals surface area contributed by atoms with E-state index in [1.807, 2.05) is 7.05 Å². The van der Waals surface area contributed by atoms with E-state index in [2.05, 4.69) is 10.3 Å². The van der Waals surface area contributed by atoms with Gasteiger partial charge in [0.2, 0.25) is 0 Å². The molecule has 80 valence electrons. The average molecular weight is 200 g/mol. The lowest BCUT2D eigenvalue weighted by Crippen LogP contribution is -2.09. The lowest BCUT2D eigenvalue weighted by Gasteiger charge is -2.02. The van der Waals surface area contributed by atoms with Gasteiger partial charge in [-0.05, 0) is 7.05 Å². The lowest BCUT2D eigenvalue weighted by molar-refractivity contribution is 0.0533. The number of oxazole rings is 1. The van der Waals surface area contributed by atoms with Gasteiger partial charge in [-0.2, -0.15) is 0 Å². The van der Waals surface area contributed by atoms with Gasteiger partial charge in [0.15, 0.2) is 12.2 Å². The minimum Gasteiger partial charge on any atom is -0.446 e. The van der Waals surface area contributed by atoms with Crippen molar-refractivity contribution in [2.75, 3.05) is 27.4 Å². The van der Waals surface area contributed by atoms with E-state index in [9.17, 15) is 0 Å². The molecule has 1 aromatic rings. The maximum Gasteiger partial charge on any atom is 0.181 e. The Morgan fingerprint density at radius 1 is 1.50 bits per heavy atom. The molecule has 0 atom stereocenters. The van der Waals surface area contributed by atoms with Crippen molar-refractivity contribution in [3.05, 3.63) is 17.8 Å². The SMILES string of the molecule is CNCc1ncoc1COCCOC. The molecule has 0 saturated heterocycles. The van der Waals surface area contributed by atoms with Crippen LogP contribution in [0.1, 0.15) is 11.5 Å². The second-order valence-electron chi connectivity index (χ2n) is 2.80. The van der Waals surface area contributed by atoms with E-state index in [0.29, 0.717) is 26.4 Å².